The monoisotopic (exact) mass is 782 g/mol. The molecule has 0 radical (unpaired) electrons. The van der Waals surface area contributed by atoms with Crippen LogP contribution in [0.1, 0.15) is 48.7 Å². The van der Waals surface area contributed by atoms with E-state index in [0.29, 0.717) is 34.4 Å². The number of carbonyl (C=O) groups excluding carboxylic acids is 2. The van der Waals surface area contributed by atoms with Gasteiger partial charge in [0.2, 0.25) is 0 Å². The zero-order chi connectivity index (χ0) is 39.4. The van der Waals surface area contributed by atoms with Crippen molar-refractivity contribution in [2.45, 2.75) is 46.8 Å². The minimum Gasteiger partial charge on any atom is -0.422 e. The molecule has 0 N–H and O–H groups in total. The Bertz CT molecular complexity index is 2680. The van der Waals surface area contributed by atoms with Crippen LogP contribution in [0.4, 0.5) is 0 Å². The van der Waals surface area contributed by atoms with Gasteiger partial charge in [-0.05, 0) is 86.1 Å². The highest BCUT2D eigenvalue weighted by molar-refractivity contribution is 7.99. The highest BCUT2D eigenvalue weighted by Crippen LogP contribution is 2.31. The van der Waals surface area contributed by atoms with Crippen LogP contribution in [0, 0.1) is 0 Å². The fourth-order valence-electron chi connectivity index (χ4n) is 5.22. The van der Waals surface area contributed by atoms with Crippen LogP contribution in [0.15, 0.2) is 188 Å². The van der Waals surface area contributed by atoms with E-state index in [9.17, 15) is 19.2 Å². The maximum absolute atomic E-state index is 12.5. The molecule has 7 rings (SSSR count). The summed E-state index contributed by atoms with van der Waals surface area (Å²) in [5, 5.41) is 9.10. The summed E-state index contributed by atoms with van der Waals surface area (Å²) in [6.07, 6.45) is 0.436. The van der Waals surface area contributed by atoms with Crippen LogP contribution in [0.2, 0.25) is 0 Å². The third kappa shape index (κ3) is 10.4. The van der Waals surface area contributed by atoms with Crippen molar-refractivity contribution in [2.75, 3.05) is 0 Å². The lowest BCUT2D eigenvalue weighted by Gasteiger charge is -2.06. The standard InChI is InChI=1S/C24H17NO4S.C20H17NO4S/c1-16(25-29-23(26)17-8-4-2-5-9-17)21-14-18-12-13-20(15-22(18)28-24(21)27)30-19-10-6-3-7-11-19;1-3-18(21-25-13(2)22)17-11-14-9-10-16(12-19(14)24-20(17)23)26-15-7-5-4-6-8-15/h2-15H,1H3;4-12H,3H2,1-2H3/b25-16+;21-18+. The molecule has 0 unspecified atom stereocenters. The largest absolute Gasteiger partial charge is 0.422 e. The molecule has 0 amide bonds. The first-order valence-corrected chi connectivity index (χ1v) is 19.0. The molecule has 0 bridgehead atoms. The molecule has 280 valence electrons. The number of oxime groups is 2. The summed E-state index contributed by atoms with van der Waals surface area (Å²) in [5.74, 6) is -1.13. The van der Waals surface area contributed by atoms with E-state index >= 15 is 0 Å². The third-order valence-corrected chi connectivity index (χ3v) is 9.96. The van der Waals surface area contributed by atoms with Gasteiger partial charge in [-0.15, -0.1) is 0 Å². The minimum absolute atomic E-state index is 0.242. The fourth-order valence-corrected chi connectivity index (χ4v) is 6.96. The van der Waals surface area contributed by atoms with Crippen molar-refractivity contribution in [1.82, 2.24) is 0 Å². The van der Waals surface area contributed by atoms with Gasteiger partial charge in [0.15, 0.2) is 0 Å². The number of rotatable bonds is 10. The topological polar surface area (TPSA) is 138 Å². The van der Waals surface area contributed by atoms with E-state index in [1.54, 1.807) is 72.9 Å². The summed E-state index contributed by atoms with van der Waals surface area (Å²) in [6.45, 7) is 4.67. The van der Waals surface area contributed by atoms with Gasteiger partial charge in [-0.1, -0.05) is 107 Å². The summed E-state index contributed by atoms with van der Waals surface area (Å²) in [4.78, 5) is 61.6. The molecule has 0 aliphatic heterocycles. The minimum atomic E-state index is -0.595. The second-order valence-electron chi connectivity index (χ2n) is 12.0. The maximum Gasteiger partial charge on any atom is 0.365 e. The van der Waals surface area contributed by atoms with Gasteiger partial charge in [0.05, 0.1) is 28.1 Å². The van der Waals surface area contributed by atoms with Crippen LogP contribution in [-0.2, 0) is 14.5 Å². The number of hydrogen-bond donors (Lipinski definition) is 0. The highest BCUT2D eigenvalue weighted by atomic mass is 32.2. The molecule has 5 aromatic carbocycles. The molecule has 12 heteroatoms. The lowest BCUT2D eigenvalue weighted by Crippen LogP contribution is -2.15. The second-order valence-corrected chi connectivity index (χ2v) is 14.3. The molecule has 2 heterocycles. The van der Waals surface area contributed by atoms with Crippen molar-refractivity contribution in [3.05, 3.63) is 177 Å². The Morgan fingerprint density at radius 3 is 1.55 bits per heavy atom. The molecular weight excluding hydrogens is 749 g/mol. The van der Waals surface area contributed by atoms with Crippen LogP contribution in [-0.4, -0.2) is 23.4 Å². The Morgan fingerprint density at radius 2 is 1.05 bits per heavy atom. The Hall–Kier alpha value is -6.50. The fraction of sp³-hybridized carbons (Fsp3) is 0.0909. The van der Waals surface area contributed by atoms with Gasteiger partial charge >= 0.3 is 23.2 Å². The summed E-state index contributed by atoms with van der Waals surface area (Å²) in [6, 6.07) is 43.2. The van der Waals surface area contributed by atoms with E-state index in [0.717, 1.165) is 30.4 Å². The molecule has 0 spiro atoms. The van der Waals surface area contributed by atoms with E-state index in [-0.39, 0.29) is 11.3 Å². The lowest BCUT2D eigenvalue weighted by atomic mass is 10.1. The summed E-state index contributed by atoms with van der Waals surface area (Å²) < 4.78 is 11.0. The average molecular weight is 783 g/mol. The molecule has 7 aromatic rings. The molecule has 0 atom stereocenters. The molecule has 0 saturated heterocycles. The van der Waals surface area contributed by atoms with Crippen LogP contribution >= 0.6 is 23.5 Å². The average Bonchev–Trinajstić information content (AvgIpc) is 3.21. The summed E-state index contributed by atoms with van der Waals surface area (Å²) in [7, 11) is 0. The number of nitrogens with zero attached hydrogens (tertiary/aromatic N) is 2. The van der Waals surface area contributed by atoms with E-state index in [2.05, 4.69) is 15.1 Å². The van der Waals surface area contributed by atoms with Gasteiger partial charge in [-0.25, -0.2) is 19.2 Å². The Balaban J connectivity index is 0.000000192. The van der Waals surface area contributed by atoms with E-state index < -0.39 is 23.2 Å². The normalized spacial score (nSPS) is 11.5. The summed E-state index contributed by atoms with van der Waals surface area (Å²) >= 11 is 3.18. The molecule has 10 nitrogen and oxygen atoms in total. The quantitative estimate of drug-likeness (QED) is 0.0570. The molecular formula is C44H34N2O8S2. The first kappa shape index (κ1) is 39.2. The van der Waals surface area contributed by atoms with Gasteiger partial charge in [0.25, 0.3) is 0 Å². The van der Waals surface area contributed by atoms with Crippen LogP contribution in [0.3, 0.4) is 0 Å². The SMILES string of the molecule is C/C(=N\OC(=O)c1ccccc1)c1cc2ccc(Sc3ccccc3)cc2oc1=O.CC/C(=N\OC(C)=O)c1cc2ccc(Sc3ccccc3)cc2oc1=O. The molecule has 2 aromatic heterocycles. The van der Waals surface area contributed by atoms with Crippen molar-refractivity contribution in [2.24, 2.45) is 10.3 Å². The van der Waals surface area contributed by atoms with Crippen molar-refractivity contribution in [3.8, 4) is 0 Å². The predicted octanol–water partition coefficient (Wildman–Crippen LogP) is 10.1. The van der Waals surface area contributed by atoms with Crippen molar-refractivity contribution < 1.29 is 28.1 Å². The Labute approximate surface area is 329 Å². The highest BCUT2D eigenvalue weighted by Gasteiger charge is 2.14. The zero-order valence-corrected chi connectivity index (χ0v) is 32.1. The number of benzene rings is 5. The van der Waals surface area contributed by atoms with Gasteiger partial charge in [0, 0.05) is 37.3 Å². The van der Waals surface area contributed by atoms with E-state index in [1.807, 2.05) is 104 Å². The van der Waals surface area contributed by atoms with Gasteiger partial charge in [0.1, 0.15) is 11.2 Å². The smallest absolute Gasteiger partial charge is 0.365 e. The maximum atomic E-state index is 12.5. The predicted molar refractivity (Wildman–Crippen MR) is 219 cm³/mol. The Kier molecular flexibility index (Phi) is 13.1. The van der Waals surface area contributed by atoms with E-state index in [1.165, 1.54) is 6.92 Å². The Morgan fingerprint density at radius 1 is 0.571 bits per heavy atom. The second kappa shape index (κ2) is 18.7. The van der Waals surface area contributed by atoms with Gasteiger partial charge in [-0.3, -0.25) is 0 Å². The van der Waals surface area contributed by atoms with Gasteiger partial charge < -0.3 is 18.5 Å². The third-order valence-electron chi connectivity index (χ3n) is 7.97. The lowest BCUT2D eigenvalue weighted by molar-refractivity contribution is -0.140. The van der Waals surface area contributed by atoms with Crippen molar-refractivity contribution in [1.29, 1.82) is 0 Å². The first-order valence-electron chi connectivity index (χ1n) is 17.3. The van der Waals surface area contributed by atoms with E-state index in [4.69, 9.17) is 13.7 Å². The molecule has 0 aliphatic carbocycles. The van der Waals surface area contributed by atoms with Crippen LogP contribution in [0.25, 0.3) is 21.9 Å². The molecule has 0 fully saturated rings. The van der Waals surface area contributed by atoms with Crippen molar-refractivity contribution in [3.63, 3.8) is 0 Å². The number of hydrogen-bond acceptors (Lipinski definition) is 12. The number of carbonyl (C=O) groups is 2. The first-order chi connectivity index (χ1) is 27.2. The van der Waals surface area contributed by atoms with Gasteiger partial charge in [-0.2, -0.15) is 0 Å². The number of fused-ring (bicyclic) bond motifs is 2. The van der Waals surface area contributed by atoms with Crippen molar-refractivity contribution >= 4 is 68.8 Å². The molecule has 56 heavy (non-hydrogen) atoms. The van der Waals surface area contributed by atoms with Crippen LogP contribution < -0.4 is 11.3 Å². The van der Waals surface area contributed by atoms with Crippen LogP contribution in [0.5, 0.6) is 0 Å². The summed E-state index contributed by atoms with van der Waals surface area (Å²) in [5.41, 5.74) is 1.49. The molecule has 0 aliphatic rings. The molecule has 0 saturated carbocycles. The zero-order valence-electron chi connectivity index (χ0n) is 30.5.